The summed E-state index contributed by atoms with van der Waals surface area (Å²) in [7, 11) is 1.71. The maximum absolute atomic E-state index is 5.44. The average Bonchev–Trinajstić information content (AvgIpc) is 3.67. The van der Waals surface area contributed by atoms with Gasteiger partial charge in [0.25, 0.3) is 0 Å². The van der Waals surface area contributed by atoms with Crippen LogP contribution < -0.4 is 9.64 Å². The van der Waals surface area contributed by atoms with E-state index >= 15 is 0 Å². The van der Waals surface area contributed by atoms with Crippen LogP contribution in [0.25, 0.3) is 33.4 Å². The molecule has 0 radical (unpaired) electrons. The molecule has 0 saturated heterocycles. The first kappa shape index (κ1) is 33.0. The van der Waals surface area contributed by atoms with Crippen LogP contribution in [0.5, 0.6) is 5.75 Å². The first-order valence-corrected chi connectivity index (χ1v) is 19.1. The Balaban J connectivity index is 1.20. The van der Waals surface area contributed by atoms with Crippen molar-refractivity contribution in [1.82, 2.24) is 0 Å². The van der Waals surface area contributed by atoms with Gasteiger partial charge < -0.3 is 9.64 Å². The van der Waals surface area contributed by atoms with Crippen molar-refractivity contribution < 1.29 is 4.74 Å². The summed E-state index contributed by atoms with van der Waals surface area (Å²) >= 11 is 0. The molecule has 2 heteroatoms. The largest absolute Gasteiger partial charge is 0.497 e. The Morgan fingerprint density at radius 1 is 0.382 bits per heavy atom. The lowest BCUT2D eigenvalue weighted by atomic mass is 9.67. The maximum atomic E-state index is 5.44. The minimum atomic E-state index is -0.490. The van der Waals surface area contributed by atoms with Crippen molar-refractivity contribution in [2.75, 3.05) is 12.0 Å². The molecule has 2 nitrogen and oxygen atoms in total. The lowest BCUT2D eigenvalue weighted by molar-refractivity contribution is 0.415. The van der Waals surface area contributed by atoms with Gasteiger partial charge in [0.2, 0.25) is 0 Å². The van der Waals surface area contributed by atoms with Gasteiger partial charge in [-0.25, -0.2) is 0 Å². The van der Waals surface area contributed by atoms with Crippen molar-refractivity contribution in [2.45, 2.75) is 24.7 Å². The van der Waals surface area contributed by atoms with Gasteiger partial charge in [-0.15, -0.1) is 0 Å². The molecule has 0 fully saturated rings. The van der Waals surface area contributed by atoms with Crippen LogP contribution in [0, 0.1) is 0 Å². The molecule has 0 heterocycles. The number of nitrogens with zero attached hydrogens (tertiary/aromatic N) is 1. The molecule has 8 aromatic rings. The van der Waals surface area contributed by atoms with Gasteiger partial charge >= 0.3 is 0 Å². The highest BCUT2D eigenvalue weighted by molar-refractivity contribution is 5.91. The van der Waals surface area contributed by atoms with E-state index in [-0.39, 0.29) is 5.41 Å². The molecule has 2 aliphatic rings. The van der Waals surface area contributed by atoms with Crippen LogP contribution in [0.3, 0.4) is 0 Å². The molecular weight excluding hydrogens is 667 g/mol. The number of anilines is 3. The van der Waals surface area contributed by atoms with Crippen molar-refractivity contribution >= 4 is 17.1 Å². The molecule has 264 valence electrons. The number of rotatable bonds is 7. The Kier molecular flexibility index (Phi) is 7.64. The molecule has 8 aromatic carbocycles. The molecule has 0 saturated carbocycles. The third kappa shape index (κ3) is 5.02. The first-order chi connectivity index (χ1) is 27.0. The van der Waals surface area contributed by atoms with Crippen LogP contribution in [-0.4, -0.2) is 7.11 Å². The second kappa shape index (κ2) is 12.7. The summed E-state index contributed by atoms with van der Waals surface area (Å²) in [6.07, 6.45) is 0. The number of hydrogen-bond donors (Lipinski definition) is 0. The van der Waals surface area contributed by atoms with E-state index in [2.05, 4.69) is 201 Å². The van der Waals surface area contributed by atoms with Crippen molar-refractivity contribution in [2.24, 2.45) is 0 Å². The topological polar surface area (TPSA) is 12.5 Å². The summed E-state index contributed by atoms with van der Waals surface area (Å²) < 4.78 is 5.44. The molecule has 0 atom stereocenters. The van der Waals surface area contributed by atoms with Crippen molar-refractivity contribution in [1.29, 1.82) is 0 Å². The molecular formula is C53H41NO. The zero-order valence-corrected chi connectivity index (χ0v) is 31.3. The summed E-state index contributed by atoms with van der Waals surface area (Å²) in [5.41, 5.74) is 18.1. The van der Waals surface area contributed by atoms with Crippen LogP contribution in [0.15, 0.2) is 194 Å². The number of fused-ring (bicyclic) bond motifs is 6. The third-order valence-corrected chi connectivity index (χ3v) is 12.1. The smallest absolute Gasteiger partial charge is 0.118 e. The van der Waals surface area contributed by atoms with Crippen LogP contribution in [0.2, 0.25) is 0 Å². The zero-order chi connectivity index (χ0) is 37.1. The van der Waals surface area contributed by atoms with Crippen LogP contribution >= 0.6 is 0 Å². The van der Waals surface area contributed by atoms with E-state index in [1.165, 1.54) is 55.6 Å². The Labute approximate surface area is 324 Å². The molecule has 0 N–H and O–H groups in total. The van der Waals surface area contributed by atoms with E-state index < -0.39 is 5.41 Å². The Morgan fingerprint density at radius 2 is 0.818 bits per heavy atom. The standard InChI is InChI=1S/C53H41NO/c1-52(2)48-20-12-10-18-44(48)46-32-28-41(34-50(46)52)54(40-26-22-36(23-27-40)37-24-30-43(55-3)31-25-37)42-29-33-47-45-19-11-13-21-49(45)53(51(47)35-42,38-14-6-4-7-15-38)39-16-8-5-9-17-39/h4-35H,1-3H3. The van der Waals surface area contributed by atoms with Crippen molar-refractivity contribution in [3.05, 3.63) is 228 Å². The Bertz CT molecular complexity index is 2650. The van der Waals surface area contributed by atoms with Gasteiger partial charge in [0, 0.05) is 22.5 Å². The maximum Gasteiger partial charge on any atom is 0.118 e. The Hall–Kier alpha value is -6.64. The third-order valence-electron chi connectivity index (χ3n) is 12.1. The van der Waals surface area contributed by atoms with E-state index in [0.29, 0.717) is 0 Å². The quantitative estimate of drug-likeness (QED) is 0.163. The summed E-state index contributed by atoms with van der Waals surface area (Å²) in [6.45, 7) is 4.71. The van der Waals surface area contributed by atoms with E-state index in [1.807, 2.05) is 12.1 Å². The lowest BCUT2D eigenvalue weighted by Gasteiger charge is -2.35. The molecule has 10 rings (SSSR count). The molecule has 0 spiro atoms. The summed E-state index contributed by atoms with van der Waals surface area (Å²) in [4.78, 5) is 2.45. The average molecular weight is 708 g/mol. The molecule has 2 aliphatic carbocycles. The van der Waals surface area contributed by atoms with Crippen LogP contribution in [-0.2, 0) is 10.8 Å². The normalized spacial score (nSPS) is 14.0. The summed E-state index contributed by atoms with van der Waals surface area (Å²) in [5, 5.41) is 0. The fraction of sp³-hybridized carbons (Fsp3) is 0.0943. The molecule has 55 heavy (non-hydrogen) atoms. The summed E-state index contributed by atoms with van der Waals surface area (Å²) in [5.74, 6) is 0.856. The number of hydrogen-bond acceptors (Lipinski definition) is 2. The van der Waals surface area contributed by atoms with Gasteiger partial charge in [-0.1, -0.05) is 159 Å². The monoisotopic (exact) mass is 707 g/mol. The van der Waals surface area contributed by atoms with Gasteiger partial charge in [-0.3, -0.25) is 0 Å². The predicted molar refractivity (Wildman–Crippen MR) is 228 cm³/mol. The fourth-order valence-electron chi connectivity index (χ4n) is 9.44. The van der Waals surface area contributed by atoms with Crippen LogP contribution in [0.1, 0.15) is 47.2 Å². The fourth-order valence-corrected chi connectivity index (χ4v) is 9.44. The number of benzene rings is 8. The highest BCUT2D eigenvalue weighted by Crippen LogP contribution is 2.57. The molecule has 0 aliphatic heterocycles. The second-order valence-corrected chi connectivity index (χ2v) is 15.3. The van der Waals surface area contributed by atoms with E-state index in [1.54, 1.807) is 7.11 Å². The van der Waals surface area contributed by atoms with E-state index in [0.717, 1.165) is 33.9 Å². The minimum absolute atomic E-state index is 0.124. The lowest BCUT2D eigenvalue weighted by Crippen LogP contribution is -2.28. The highest BCUT2D eigenvalue weighted by Gasteiger charge is 2.46. The van der Waals surface area contributed by atoms with Gasteiger partial charge in [-0.2, -0.15) is 0 Å². The molecule has 0 amide bonds. The van der Waals surface area contributed by atoms with E-state index in [4.69, 9.17) is 4.74 Å². The first-order valence-electron chi connectivity index (χ1n) is 19.1. The Morgan fingerprint density at radius 3 is 1.40 bits per heavy atom. The number of methoxy groups -OCH3 is 1. The molecule has 0 unspecified atom stereocenters. The van der Waals surface area contributed by atoms with Crippen LogP contribution in [0.4, 0.5) is 17.1 Å². The second-order valence-electron chi connectivity index (χ2n) is 15.3. The SMILES string of the molecule is COc1ccc(-c2ccc(N(c3ccc4c(c3)C(C)(C)c3ccccc3-4)c3ccc4c(c3)C(c3ccccc3)(c3ccccc3)c3ccccc3-4)cc2)cc1. The molecule has 0 bridgehead atoms. The van der Waals surface area contributed by atoms with E-state index in [9.17, 15) is 0 Å². The summed E-state index contributed by atoms with van der Waals surface area (Å²) in [6, 6.07) is 71.4. The van der Waals surface area contributed by atoms with Gasteiger partial charge in [0.05, 0.1) is 12.5 Å². The van der Waals surface area contributed by atoms with Gasteiger partial charge in [0.1, 0.15) is 5.75 Å². The van der Waals surface area contributed by atoms with Gasteiger partial charge in [0.15, 0.2) is 0 Å². The predicted octanol–water partition coefficient (Wildman–Crippen LogP) is 13.5. The van der Waals surface area contributed by atoms with Gasteiger partial charge in [-0.05, 0) is 115 Å². The number of ether oxygens (including phenoxy) is 1. The van der Waals surface area contributed by atoms with Crippen molar-refractivity contribution in [3.8, 4) is 39.1 Å². The van der Waals surface area contributed by atoms with Crippen molar-refractivity contribution in [3.63, 3.8) is 0 Å². The minimum Gasteiger partial charge on any atom is -0.497 e. The molecule has 0 aromatic heterocycles. The highest BCUT2D eigenvalue weighted by atomic mass is 16.5. The zero-order valence-electron chi connectivity index (χ0n) is 31.3.